The second-order valence-electron chi connectivity index (χ2n) is 7.70. The summed E-state index contributed by atoms with van der Waals surface area (Å²) in [5, 5.41) is 0. The molecular weight excluding hydrogens is 350 g/mol. The molecule has 1 aromatic rings. The van der Waals surface area contributed by atoms with Gasteiger partial charge in [-0.1, -0.05) is 26.0 Å². The molecule has 1 fully saturated rings. The number of amides is 1. The van der Waals surface area contributed by atoms with Gasteiger partial charge < -0.3 is 9.80 Å². The van der Waals surface area contributed by atoms with Gasteiger partial charge in [0.2, 0.25) is 15.9 Å². The SMILES string of the molecule is Cc1ccc(C)c(S(=O)(=O)N[C@@H](CC(C)C)C(=O)N2CCN(C)CC2)c1. The number of nitrogens with one attached hydrogen (secondary N) is 1. The van der Waals surface area contributed by atoms with Crippen molar-refractivity contribution < 1.29 is 13.2 Å². The Labute approximate surface area is 157 Å². The number of carbonyl (C=O) groups is 1. The van der Waals surface area contributed by atoms with Crippen LogP contribution in [0.15, 0.2) is 23.1 Å². The van der Waals surface area contributed by atoms with E-state index in [2.05, 4.69) is 9.62 Å². The van der Waals surface area contributed by atoms with Gasteiger partial charge in [-0.2, -0.15) is 4.72 Å². The van der Waals surface area contributed by atoms with Crippen molar-refractivity contribution in [2.24, 2.45) is 5.92 Å². The number of hydrogen-bond acceptors (Lipinski definition) is 4. The summed E-state index contributed by atoms with van der Waals surface area (Å²) in [6.45, 7) is 10.5. The van der Waals surface area contributed by atoms with Gasteiger partial charge in [-0.3, -0.25) is 4.79 Å². The van der Waals surface area contributed by atoms with E-state index >= 15 is 0 Å². The number of carbonyl (C=O) groups excluding carboxylic acids is 1. The average Bonchev–Trinajstić information content (AvgIpc) is 2.56. The fourth-order valence-electron chi connectivity index (χ4n) is 3.17. The monoisotopic (exact) mass is 381 g/mol. The van der Waals surface area contributed by atoms with Gasteiger partial charge >= 0.3 is 0 Å². The van der Waals surface area contributed by atoms with E-state index in [1.54, 1.807) is 24.0 Å². The minimum Gasteiger partial charge on any atom is -0.339 e. The molecule has 6 nitrogen and oxygen atoms in total. The van der Waals surface area contributed by atoms with Crippen molar-refractivity contribution in [1.82, 2.24) is 14.5 Å². The van der Waals surface area contributed by atoms with Crippen LogP contribution in [-0.2, 0) is 14.8 Å². The molecule has 7 heteroatoms. The molecule has 146 valence electrons. The maximum Gasteiger partial charge on any atom is 0.241 e. The highest BCUT2D eigenvalue weighted by molar-refractivity contribution is 7.89. The fraction of sp³-hybridized carbons (Fsp3) is 0.632. The topological polar surface area (TPSA) is 69.7 Å². The van der Waals surface area contributed by atoms with Gasteiger partial charge in [0.1, 0.15) is 6.04 Å². The molecule has 0 spiro atoms. The predicted octanol–water partition coefficient (Wildman–Crippen LogP) is 1.77. The normalized spacial score (nSPS) is 17.5. The van der Waals surface area contributed by atoms with Crippen molar-refractivity contribution in [3.05, 3.63) is 29.3 Å². The first-order chi connectivity index (χ1) is 12.1. The second-order valence-corrected chi connectivity index (χ2v) is 9.38. The number of piperazine rings is 1. The summed E-state index contributed by atoms with van der Waals surface area (Å²) >= 11 is 0. The van der Waals surface area contributed by atoms with E-state index in [0.717, 1.165) is 18.7 Å². The molecule has 0 aliphatic carbocycles. The van der Waals surface area contributed by atoms with Crippen molar-refractivity contribution in [2.75, 3.05) is 33.2 Å². The van der Waals surface area contributed by atoms with Crippen molar-refractivity contribution in [1.29, 1.82) is 0 Å². The van der Waals surface area contributed by atoms with Crippen LogP contribution in [0, 0.1) is 19.8 Å². The molecule has 0 radical (unpaired) electrons. The van der Waals surface area contributed by atoms with Crippen LogP contribution in [0.25, 0.3) is 0 Å². The van der Waals surface area contributed by atoms with Crippen molar-refractivity contribution in [3.63, 3.8) is 0 Å². The van der Waals surface area contributed by atoms with Crippen LogP contribution in [-0.4, -0.2) is 63.4 Å². The number of likely N-dealkylation sites (N-methyl/N-ethyl adjacent to an activating group) is 1. The Morgan fingerprint density at radius 2 is 1.77 bits per heavy atom. The third kappa shape index (κ3) is 5.28. The molecular formula is C19H31N3O3S. The number of aryl methyl sites for hydroxylation is 2. The first-order valence-electron chi connectivity index (χ1n) is 9.17. The van der Waals surface area contributed by atoms with Crippen LogP contribution >= 0.6 is 0 Å². The quantitative estimate of drug-likeness (QED) is 0.815. The third-order valence-electron chi connectivity index (χ3n) is 4.75. The van der Waals surface area contributed by atoms with Crippen molar-refractivity contribution >= 4 is 15.9 Å². The van der Waals surface area contributed by atoms with E-state index in [0.29, 0.717) is 25.1 Å². The van der Waals surface area contributed by atoms with Crippen LogP contribution in [0.2, 0.25) is 0 Å². The maximum atomic E-state index is 13.0. The number of benzene rings is 1. The predicted molar refractivity (Wildman–Crippen MR) is 104 cm³/mol. The van der Waals surface area contributed by atoms with Crippen LogP contribution in [0.1, 0.15) is 31.4 Å². The first-order valence-corrected chi connectivity index (χ1v) is 10.7. The lowest BCUT2D eigenvalue weighted by atomic mass is 10.0. The Kier molecular flexibility index (Phi) is 6.82. The molecule has 1 saturated heterocycles. The van der Waals surface area contributed by atoms with E-state index in [1.165, 1.54) is 0 Å². The molecule has 0 aromatic heterocycles. The third-order valence-corrected chi connectivity index (χ3v) is 6.36. The molecule has 1 amide bonds. The van der Waals surface area contributed by atoms with E-state index < -0.39 is 16.1 Å². The highest BCUT2D eigenvalue weighted by atomic mass is 32.2. The summed E-state index contributed by atoms with van der Waals surface area (Å²) in [5.41, 5.74) is 1.56. The Bertz CT molecular complexity index is 738. The Morgan fingerprint density at radius 1 is 1.15 bits per heavy atom. The van der Waals surface area contributed by atoms with Gasteiger partial charge in [-0.15, -0.1) is 0 Å². The number of rotatable bonds is 6. The molecule has 1 atom stereocenters. The zero-order chi connectivity index (χ0) is 19.5. The minimum absolute atomic E-state index is 0.124. The highest BCUT2D eigenvalue weighted by Crippen LogP contribution is 2.19. The largest absolute Gasteiger partial charge is 0.339 e. The van der Waals surface area contributed by atoms with Gasteiger partial charge in [0, 0.05) is 26.2 Å². The fourth-order valence-corrected chi connectivity index (χ4v) is 4.70. The molecule has 1 aromatic carbocycles. The van der Waals surface area contributed by atoms with E-state index in [9.17, 15) is 13.2 Å². The lowest BCUT2D eigenvalue weighted by Crippen LogP contribution is -2.54. The molecule has 1 aliphatic heterocycles. The first kappa shape index (κ1) is 20.9. The number of hydrogen-bond donors (Lipinski definition) is 1. The van der Waals surface area contributed by atoms with Crippen LogP contribution in [0.4, 0.5) is 0 Å². The van der Waals surface area contributed by atoms with E-state index in [4.69, 9.17) is 0 Å². The molecule has 2 rings (SSSR count). The van der Waals surface area contributed by atoms with Crippen LogP contribution < -0.4 is 4.72 Å². The molecule has 1 aliphatic rings. The van der Waals surface area contributed by atoms with Gasteiger partial charge in [0.05, 0.1) is 4.90 Å². The zero-order valence-corrected chi connectivity index (χ0v) is 17.3. The Hall–Kier alpha value is -1.44. The second kappa shape index (κ2) is 8.50. The minimum atomic E-state index is -3.76. The molecule has 0 saturated carbocycles. The summed E-state index contributed by atoms with van der Waals surface area (Å²) in [4.78, 5) is 17.2. The molecule has 1 N–H and O–H groups in total. The Morgan fingerprint density at radius 3 is 2.35 bits per heavy atom. The maximum absolute atomic E-state index is 13.0. The van der Waals surface area contributed by atoms with Gasteiger partial charge in [-0.05, 0) is 50.4 Å². The lowest BCUT2D eigenvalue weighted by Gasteiger charge is -2.35. The highest BCUT2D eigenvalue weighted by Gasteiger charge is 2.31. The smallest absolute Gasteiger partial charge is 0.241 e. The van der Waals surface area contributed by atoms with Gasteiger partial charge in [0.15, 0.2) is 0 Å². The van der Waals surface area contributed by atoms with Gasteiger partial charge in [0.25, 0.3) is 0 Å². The summed E-state index contributed by atoms with van der Waals surface area (Å²) in [6.07, 6.45) is 0.481. The molecule has 0 unspecified atom stereocenters. The summed E-state index contributed by atoms with van der Waals surface area (Å²) in [7, 11) is -1.74. The van der Waals surface area contributed by atoms with Crippen molar-refractivity contribution in [2.45, 2.75) is 45.1 Å². The van der Waals surface area contributed by atoms with E-state index in [1.807, 2.05) is 33.9 Å². The van der Waals surface area contributed by atoms with Crippen LogP contribution in [0.5, 0.6) is 0 Å². The number of nitrogens with zero attached hydrogens (tertiary/aromatic N) is 2. The summed E-state index contributed by atoms with van der Waals surface area (Å²) in [5.74, 6) is 0.0819. The van der Waals surface area contributed by atoms with Crippen molar-refractivity contribution in [3.8, 4) is 0 Å². The Balaban J connectivity index is 2.23. The molecule has 0 bridgehead atoms. The zero-order valence-electron chi connectivity index (χ0n) is 16.4. The lowest BCUT2D eigenvalue weighted by molar-refractivity contribution is -0.135. The number of sulfonamides is 1. The summed E-state index contributed by atoms with van der Waals surface area (Å²) < 4.78 is 28.6. The van der Waals surface area contributed by atoms with E-state index in [-0.39, 0.29) is 16.7 Å². The molecule has 1 heterocycles. The molecule has 26 heavy (non-hydrogen) atoms. The van der Waals surface area contributed by atoms with Crippen LogP contribution in [0.3, 0.4) is 0 Å². The average molecular weight is 382 g/mol. The standard InChI is InChI=1S/C19H31N3O3S/c1-14(2)12-17(19(23)22-10-8-21(5)9-11-22)20-26(24,25)18-13-15(3)6-7-16(18)4/h6-7,13-14,17,20H,8-12H2,1-5H3/t17-/m0/s1. The summed E-state index contributed by atoms with van der Waals surface area (Å²) in [6, 6.07) is 4.60. The van der Waals surface area contributed by atoms with Gasteiger partial charge in [-0.25, -0.2) is 8.42 Å².